The molecule has 3 rings (SSSR count). The Kier molecular flexibility index (Phi) is 5.26. The van der Waals surface area contributed by atoms with E-state index < -0.39 is 6.03 Å². The topological polar surface area (TPSA) is 58.2 Å². The van der Waals surface area contributed by atoms with Crippen molar-refractivity contribution in [1.29, 1.82) is 0 Å². The van der Waals surface area contributed by atoms with Gasteiger partial charge in [0.15, 0.2) is 5.78 Å². The summed E-state index contributed by atoms with van der Waals surface area (Å²) in [5.41, 5.74) is 2.13. The van der Waals surface area contributed by atoms with Crippen LogP contribution >= 0.6 is 15.9 Å². The highest BCUT2D eigenvalue weighted by Crippen LogP contribution is 2.20. The Morgan fingerprint density at radius 2 is 1.48 bits per heavy atom. The molecule has 124 valence electrons. The molecule has 0 heterocycles. The smallest absolute Gasteiger partial charge is 0.308 e. The number of carbonyl (C=O) groups excluding carboxylic acids is 2. The molecule has 0 radical (unpaired) electrons. The standard InChI is InChI=1S/C20H15BrN2O2/c21-15-9-6-10-16(13-15)22-20(25)23-18-12-5-4-11-17(18)19(24)14-7-2-1-3-8-14/h1-13H,(H2,22,23,25). The summed E-state index contributed by atoms with van der Waals surface area (Å²) in [5, 5.41) is 5.49. The predicted molar refractivity (Wildman–Crippen MR) is 103 cm³/mol. The molecule has 2 amide bonds. The number of hydrogen-bond acceptors (Lipinski definition) is 2. The van der Waals surface area contributed by atoms with Gasteiger partial charge in [-0.25, -0.2) is 4.79 Å². The summed E-state index contributed by atoms with van der Waals surface area (Å²) in [6.07, 6.45) is 0. The minimum absolute atomic E-state index is 0.140. The van der Waals surface area contributed by atoms with Crippen LogP contribution in [0.2, 0.25) is 0 Å². The highest BCUT2D eigenvalue weighted by molar-refractivity contribution is 9.10. The average Bonchev–Trinajstić information content (AvgIpc) is 2.62. The Morgan fingerprint density at radius 3 is 2.24 bits per heavy atom. The van der Waals surface area contributed by atoms with Gasteiger partial charge in [-0.15, -0.1) is 0 Å². The van der Waals surface area contributed by atoms with E-state index >= 15 is 0 Å². The molecule has 0 atom stereocenters. The van der Waals surface area contributed by atoms with Gasteiger partial charge in [0.1, 0.15) is 0 Å². The number of anilines is 2. The second-order valence-electron chi connectivity index (χ2n) is 5.33. The van der Waals surface area contributed by atoms with Crippen molar-refractivity contribution in [2.75, 3.05) is 10.6 Å². The van der Waals surface area contributed by atoms with Crippen LogP contribution in [0.3, 0.4) is 0 Å². The summed E-state index contributed by atoms with van der Waals surface area (Å²) < 4.78 is 0.866. The van der Waals surface area contributed by atoms with Crippen molar-refractivity contribution in [3.8, 4) is 0 Å². The van der Waals surface area contributed by atoms with E-state index in [1.807, 2.05) is 30.3 Å². The third-order valence-electron chi connectivity index (χ3n) is 3.54. The lowest BCUT2D eigenvalue weighted by atomic mass is 10.0. The Morgan fingerprint density at radius 1 is 0.760 bits per heavy atom. The normalized spacial score (nSPS) is 10.1. The summed E-state index contributed by atoms with van der Waals surface area (Å²) in [7, 11) is 0. The second kappa shape index (κ2) is 7.77. The van der Waals surface area contributed by atoms with Crippen molar-refractivity contribution in [1.82, 2.24) is 0 Å². The number of amides is 2. The minimum Gasteiger partial charge on any atom is -0.308 e. The molecule has 0 unspecified atom stereocenters. The molecule has 5 heteroatoms. The first-order valence-corrected chi connectivity index (χ1v) is 8.45. The van der Waals surface area contributed by atoms with Crippen molar-refractivity contribution in [3.63, 3.8) is 0 Å². The first-order valence-electron chi connectivity index (χ1n) is 7.66. The molecule has 25 heavy (non-hydrogen) atoms. The quantitative estimate of drug-likeness (QED) is 0.587. The summed E-state index contributed by atoms with van der Waals surface area (Å²) in [5.74, 6) is -0.140. The molecule has 2 N–H and O–H groups in total. The van der Waals surface area contributed by atoms with Crippen molar-refractivity contribution in [2.24, 2.45) is 0 Å². The van der Waals surface area contributed by atoms with Crippen molar-refractivity contribution in [3.05, 3.63) is 94.5 Å². The van der Waals surface area contributed by atoms with E-state index in [9.17, 15) is 9.59 Å². The number of nitrogens with one attached hydrogen (secondary N) is 2. The van der Waals surface area contributed by atoms with Gasteiger partial charge < -0.3 is 10.6 Å². The molecule has 0 fully saturated rings. The van der Waals surface area contributed by atoms with Crippen LogP contribution in [-0.2, 0) is 0 Å². The van der Waals surface area contributed by atoms with Gasteiger partial charge in [-0.2, -0.15) is 0 Å². The van der Waals surface area contributed by atoms with Crippen molar-refractivity contribution < 1.29 is 9.59 Å². The zero-order valence-corrected chi connectivity index (χ0v) is 14.8. The first-order chi connectivity index (χ1) is 12.1. The van der Waals surface area contributed by atoms with Crippen molar-refractivity contribution in [2.45, 2.75) is 0 Å². The zero-order chi connectivity index (χ0) is 17.6. The summed E-state index contributed by atoms with van der Waals surface area (Å²) in [6.45, 7) is 0. The van der Waals surface area contributed by atoms with Crippen molar-refractivity contribution >= 4 is 39.1 Å². The highest BCUT2D eigenvalue weighted by atomic mass is 79.9. The number of para-hydroxylation sites is 1. The largest absolute Gasteiger partial charge is 0.323 e. The molecular weight excluding hydrogens is 380 g/mol. The van der Waals surface area contributed by atoms with E-state index in [4.69, 9.17) is 0 Å². The van der Waals surface area contributed by atoms with Crippen LogP contribution in [0, 0.1) is 0 Å². The molecule has 0 saturated carbocycles. The van der Waals surface area contributed by atoms with E-state index in [0.717, 1.165) is 4.47 Å². The van der Waals surface area contributed by atoms with E-state index in [0.29, 0.717) is 22.5 Å². The van der Waals surface area contributed by atoms with Gasteiger partial charge in [0.25, 0.3) is 0 Å². The van der Waals surface area contributed by atoms with Gasteiger partial charge in [-0.05, 0) is 30.3 Å². The maximum absolute atomic E-state index is 12.7. The predicted octanol–water partition coefficient (Wildman–Crippen LogP) is 5.32. The van der Waals surface area contributed by atoms with Gasteiger partial charge in [-0.1, -0.05) is 64.5 Å². The lowest BCUT2D eigenvalue weighted by Crippen LogP contribution is -2.21. The molecule has 0 bridgehead atoms. The fourth-order valence-corrected chi connectivity index (χ4v) is 2.79. The lowest BCUT2D eigenvalue weighted by molar-refractivity contribution is 0.103. The maximum Gasteiger partial charge on any atom is 0.323 e. The zero-order valence-electron chi connectivity index (χ0n) is 13.2. The molecule has 0 aliphatic heterocycles. The number of carbonyl (C=O) groups is 2. The van der Waals surface area contributed by atoms with Crippen LogP contribution < -0.4 is 10.6 Å². The Balaban J connectivity index is 1.79. The van der Waals surface area contributed by atoms with Crippen LogP contribution in [-0.4, -0.2) is 11.8 Å². The molecule has 0 aromatic heterocycles. The van der Waals surface area contributed by atoms with E-state index in [2.05, 4.69) is 26.6 Å². The van der Waals surface area contributed by atoms with Crippen LogP contribution in [0.5, 0.6) is 0 Å². The van der Waals surface area contributed by atoms with Gasteiger partial charge in [0.2, 0.25) is 0 Å². The van der Waals surface area contributed by atoms with Crippen LogP contribution in [0.4, 0.5) is 16.2 Å². The SMILES string of the molecule is O=C(Nc1cccc(Br)c1)Nc1ccccc1C(=O)c1ccccc1. The van der Waals surface area contributed by atoms with Gasteiger partial charge in [0.05, 0.1) is 5.69 Å². The third kappa shape index (κ3) is 4.33. The van der Waals surface area contributed by atoms with Gasteiger partial charge in [0, 0.05) is 21.3 Å². The molecule has 0 spiro atoms. The molecule has 0 saturated heterocycles. The van der Waals surface area contributed by atoms with Crippen LogP contribution in [0.1, 0.15) is 15.9 Å². The molecule has 4 nitrogen and oxygen atoms in total. The average molecular weight is 395 g/mol. The fourth-order valence-electron chi connectivity index (χ4n) is 2.39. The minimum atomic E-state index is -0.411. The second-order valence-corrected chi connectivity index (χ2v) is 6.25. The third-order valence-corrected chi connectivity index (χ3v) is 4.03. The summed E-state index contributed by atoms with van der Waals surface area (Å²) in [4.78, 5) is 24.9. The first kappa shape index (κ1) is 16.9. The van der Waals surface area contributed by atoms with Crippen LogP contribution in [0.25, 0.3) is 0 Å². The van der Waals surface area contributed by atoms with E-state index in [1.165, 1.54) is 0 Å². The number of ketones is 1. The van der Waals surface area contributed by atoms with Gasteiger partial charge in [-0.3, -0.25) is 4.79 Å². The summed E-state index contributed by atoms with van der Waals surface area (Å²) >= 11 is 3.36. The number of rotatable bonds is 4. The van der Waals surface area contributed by atoms with E-state index in [-0.39, 0.29) is 5.78 Å². The Bertz CT molecular complexity index is 910. The fraction of sp³-hybridized carbons (Fsp3) is 0. The number of urea groups is 1. The molecule has 3 aromatic rings. The van der Waals surface area contributed by atoms with Crippen LogP contribution in [0.15, 0.2) is 83.3 Å². The molecule has 0 aliphatic carbocycles. The maximum atomic E-state index is 12.7. The van der Waals surface area contributed by atoms with E-state index in [1.54, 1.807) is 48.5 Å². The Hall–Kier alpha value is -2.92. The number of halogens is 1. The monoisotopic (exact) mass is 394 g/mol. The summed E-state index contributed by atoms with van der Waals surface area (Å²) in [6, 6.07) is 22.8. The highest BCUT2D eigenvalue weighted by Gasteiger charge is 2.14. The molecule has 0 aliphatic rings. The Labute approximate surface area is 154 Å². The molecule has 3 aromatic carbocycles. The lowest BCUT2D eigenvalue weighted by Gasteiger charge is -2.11. The van der Waals surface area contributed by atoms with Gasteiger partial charge >= 0.3 is 6.03 Å². The molecular formula is C20H15BrN2O2. The number of benzene rings is 3. The number of hydrogen-bond donors (Lipinski definition) is 2.